The number of carbonyl (C=O) groups excluding carboxylic acids is 1. The van der Waals surface area contributed by atoms with Gasteiger partial charge in [-0.3, -0.25) is 9.59 Å². The zero-order chi connectivity index (χ0) is 14.8. The lowest BCUT2D eigenvalue weighted by molar-refractivity contribution is -0.144. The van der Waals surface area contributed by atoms with Gasteiger partial charge in [0.1, 0.15) is 0 Å². The summed E-state index contributed by atoms with van der Waals surface area (Å²) < 4.78 is 5.39. The lowest BCUT2D eigenvalue weighted by Crippen LogP contribution is -2.45. The highest BCUT2D eigenvalue weighted by Crippen LogP contribution is 2.68. The molecule has 0 radical (unpaired) electrons. The van der Waals surface area contributed by atoms with Crippen LogP contribution in [-0.2, 0) is 14.3 Å². The van der Waals surface area contributed by atoms with E-state index in [9.17, 15) is 19.8 Å². The summed E-state index contributed by atoms with van der Waals surface area (Å²) in [5.41, 5.74) is -0.344. The number of carbonyl (C=O) groups is 2. The molecule has 4 fully saturated rings. The van der Waals surface area contributed by atoms with E-state index in [0.29, 0.717) is 32.7 Å². The topological polar surface area (TPSA) is 87.1 Å². The number of likely N-dealkylation sites (tertiary alicyclic amines) is 1. The van der Waals surface area contributed by atoms with Gasteiger partial charge in [-0.1, -0.05) is 0 Å². The molecule has 2 N–H and O–H groups in total. The molecule has 0 spiro atoms. The third-order valence-electron chi connectivity index (χ3n) is 6.14. The molecule has 6 atom stereocenters. The maximum atomic E-state index is 12.7. The van der Waals surface area contributed by atoms with Crippen LogP contribution in [-0.4, -0.2) is 59.4 Å². The molecule has 4 rings (SSSR count). The largest absolute Gasteiger partial charge is 0.481 e. The Kier molecular flexibility index (Phi) is 2.85. The molecule has 1 amide bonds. The van der Waals surface area contributed by atoms with Gasteiger partial charge < -0.3 is 19.8 Å². The van der Waals surface area contributed by atoms with Crippen molar-refractivity contribution in [3.63, 3.8) is 0 Å². The Bertz CT molecular complexity index is 488. The van der Waals surface area contributed by atoms with Crippen molar-refractivity contribution in [2.24, 2.45) is 29.1 Å². The van der Waals surface area contributed by atoms with Crippen LogP contribution < -0.4 is 0 Å². The van der Waals surface area contributed by atoms with E-state index >= 15 is 0 Å². The predicted molar refractivity (Wildman–Crippen MR) is 71.3 cm³/mol. The van der Waals surface area contributed by atoms with Crippen LogP contribution in [0.5, 0.6) is 0 Å². The van der Waals surface area contributed by atoms with Crippen molar-refractivity contribution >= 4 is 11.9 Å². The van der Waals surface area contributed by atoms with Gasteiger partial charge in [-0.2, -0.15) is 0 Å². The third-order valence-corrected chi connectivity index (χ3v) is 6.14. The monoisotopic (exact) mass is 295 g/mol. The maximum Gasteiger partial charge on any atom is 0.308 e. The summed E-state index contributed by atoms with van der Waals surface area (Å²) in [7, 11) is 0. The highest BCUT2D eigenvalue weighted by Gasteiger charge is 2.72. The van der Waals surface area contributed by atoms with E-state index in [1.807, 2.05) is 0 Å². The zero-order valence-corrected chi connectivity index (χ0v) is 11.9. The van der Waals surface area contributed by atoms with E-state index in [1.54, 1.807) is 4.90 Å². The zero-order valence-electron chi connectivity index (χ0n) is 11.9. The van der Waals surface area contributed by atoms with Gasteiger partial charge in [-0.15, -0.1) is 0 Å². The molecule has 116 valence electrons. The summed E-state index contributed by atoms with van der Waals surface area (Å²) in [6, 6.07) is 0. The molecule has 6 nitrogen and oxygen atoms in total. The Morgan fingerprint density at radius 2 is 2.05 bits per heavy atom. The average molecular weight is 295 g/mol. The fourth-order valence-corrected chi connectivity index (χ4v) is 4.70. The highest BCUT2D eigenvalue weighted by molar-refractivity contribution is 5.89. The molecule has 0 bridgehead atoms. The first kappa shape index (κ1) is 13.5. The van der Waals surface area contributed by atoms with E-state index in [4.69, 9.17) is 4.74 Å². The Hall–Kier alpha value is -1.14. The molecule has 0 aromatic heterocycles. The summed E-state index contributed by atoms with van der Waals surface area (Å²) in [6.07, 6.45) is 1.90. The fraction of sp³-hybridized carbons (Fsp3) is 0.867. The molecule has 2 aliphatic carbocycles. The van der Waals surface area contributed by atoms with E-state index < -0.39 is 11.9 Å². The number of aliphatic hydroxyl groups is 1. The van der Waals surface area contributed by atoms with Gasteiger partial charge in [0.2, 0.25) is 5.91 Å². The second kappa shape index (κ2) is 4.43. The summed E-state index contributed by atoms with van der Waals surface area (Å²) >= 11 is 0. The number of rotatable bonds is 3. The van der Waals surface area contributed by atoms with E-state index in [-0.39, 0.29) is 35.2 Å². The van der Waals surface area contributed by atoms with Gasteiger partial charge in [-0.25, -0.2) is 0 Å². The van der Waals surface area contributed by atoms with E-state index in [0.717, 1.165) is 12.8 Å². The minimum atomic E-state index is -0.805. The third kappa shape index (κ3) is 1.85. The molecule has 0 aromatic carbocycles. The van der Waals surface area contributed by atoms with Crippen molar-refractivity contribution < 1.29 is 24.5 Å². The maximum absolute atomic E-state index is 12.7. The molecule has 2 saturated carbocycles. The Morgan fingerprint density at radius 3 is 2.57 bits per heavy atom. The van der Waals surface area contributed by atoms with Gasteiger partial charge in [0, 0.05) is 32.2 Å². The van der Waals surface area contributed by atoms with Gasteiger partial charge in [-0.05, 0) is 31.1 Å². The fourth-order valence-electron chi connectivity index (χ4n) is 4.70. The average Bonchev–Trinajstić information content (AvgIpc) is 2.88. The standard InChI is InChI=1S/C15H21NO5/c17-12-4-15(3-11(12)15)14(20)16-5-9(8-1-2-21-7-8)10(6-16)13(18)19/h8-12,17H,1-7H2,(H,18,19)/t8?,9-,10+,11+,12+,15+/m0/s1. The number of ether oxygens (including phenoxy) is 1. The second-order valence-corrected chi connectivity index (χ2v) is 7.18. The van der Waals surface area contributed by atoms with E-state index in [2.05, 4.69) is 0 Å². The number of amides is 1. The molecular formula is C15H21NO5. The van der Waals surface area contributed by atoms with Crippen molar-refractivity contribution in [3.05, 3.63) is 0 Å². The van der Waals surface area contributed by atoms with Crippen molar-refractivity contribution in [2.45, 2.75) is 25.4 Å². The molecule has 2 heterocycles. The minimum absolute atomic E-state index is 0.00699. The van der Waals surface area contributed by atoms with Gasteiger partial charge >= 0.3 is 5.97 Å². The van der Waals surface area contributed by atoms with Crippen molar-refractivity contribution in [1.82, 2.24) is 4.90 Å². The number of fused-ring (bicyclic) bond motifs is 1. The molecule has 2 aliphatic heterocycles. The number of aliphatic hydroxyl groups excluding tert-OH is 1. The molecule has 6 heteroatoms. The number of carboxylic acid groups (broad SMARTS) is 1. The van der Waals surface area contributed by atoms with Crippen LogP contribution in [0.1, 0.15) is 19.3 Å². The Labute approximate surface area is 123 Å². The molecule has 1 unspecified atom stereocenters. The van der Waals surface area contributed by atoms with Gasteiger partial charge in [0.15, 0.2) is 0 Å². The summed E-state index contributed by atoms with van der Waals surface area (Å²) in [5.74, 6) is -0.816. The van der Waals surface area contributed by atoms with Crippen LogP contribution in [0, 0.1) is 29.1 Å². The summed E-state index contributed by atoms with van der Waals surface area (Å²) in [4.78, 5) is 25.9. The number of nitrogens with zero attached hydrogens (tertiary/aromatic N) is 1. The first-order valence-corrected chi connectivity index (χ1v) is 7.81. The van der Waals surface area contributed by atoms with Crippen LogP contribution in [0.3, 0.4) is 0 Å². The van der Waals surface area contributed by atoms with E-state index in [1.165, 1.54) is 0 Å². The number of aliphatic carboxylic acids is 1. The van der Waals surface area contributed by atoms with Crippen molar-refractivity contribution in [2.75, 3.05) is 26.3 Å². The Morgan fingerprint density at radius 1 is 1.24 bits per heavy atom. The summed E-state index contributed by atoms with van der Waals surface area (Å²) in [5, 5.41) is 19.0. The van der Waals surface area contributed by atoms with Gasteiger partial charge in [0.05, 0.1) is 17.4 Å². The quantitative estimate of drug-likeness (QED) is 0.762. The van der Waals surface area contributed by atoms with Crippen LogP contribution in [0.4, 0.5) is 0 Å². The van der Waals surface area contributed by atoms with Gasteiger partial charge in [0.25, 0.3) is 0 Å². The van der Waals surface area contributed by atoms with Crippen LogP contribution in [0.15, 0.2) is 0 Å². The Balaban J connectivity index is 1.48. The predicted octanol–water partition coefficient (Wildman–Crippen LogP) is -0.0470. The number of hydrogen-bond acceptors (Lipinski definition) is 4. The molecule has 2 saturated heterocycles. The summed E-state index contributed by atoms with van der Waals surface area (Å²) in [6.45, 7) is 2.16. The van der Waals surface area contributed by atoms with Crippen molar-refractivity contribution in [1.29, 1.82) is 0 Å². The van der Waals surface area contributed by atoms with Crippen LogP contribution >= 0.6 is 0 Å². The smallest absolute Gasteiger partial charge is 0.308 e. The number of carboxylic acids is 1. The number of hydrogen-bond donors (Lipinski definition) is 2. The van der Waals surface area contributed by atoms with Crippen LogP contribution in [0.25, 0.3) is 0 Å². The molecule has 4 aliphatic rings. The molecule has 21 heavy (non-hydrogen) atoms. The SMILES string of the molecule is O=C(O)[C@@H]1CN(C(=O)[C@]23C[C@@H](O)[C@H]2C3)C[C@H]1C1CCOC1. The second-order valence-electron chi connectivity index (χ2n) is 7.18. The molecule has 0 aromatic rings. The highest BCUT2D eigenvalue weighted by atomic mass is 16.5. The lowest BCUT2D eigenvalue weighted by Gasteiger charge is -2.33. The first-order valence-electron chi connectivity index (χ1n) is 7.81. The lowest BCUT2D eigenvalue weighted by atomic mass is 9.81. The molecular weight excluding hydrogens is 274 g/mol. The first-order chi connectivity index (χ1) is 10.0. The minimum Gasteiger partial charge on any atom is -0.481 e. The van der Waals surface area contributed by atoms with Crippen molar-refractivity contribution in [3.8, 4) is 0 Å². The normalized spacial score (nSPS) is 47.9. The van der Waals surface area contributed by atoms with Crippen LogP contribution in [0.2, 0.25) is 0 Å².